The molecule has 0 aliphatic rings. The van der Waals surface area contributed by atoms with Crippen molar-refractivity contribution in [1.29, 1.82) is 0 Å². The first-order chi connectivity index (χ1) is 10.4. The average molecular weight is 310 g/mol. The van der Waals surface area contributed by atoms with E-state index in [2.05, 4.69) is 0 Å². The molecule has 0 fully saturated rings. The van der Waals surface area contributed by atoms with Gasteiger partial charge in [0.1, 0.15) is 0 Å². The van der Waals surface area contributed by atoms with E-state index >= 15 is 0 Å². The summed E-state index contributed by atoms with van der Waals surface area (Å²) >= 11 is 0. The van der Waals surface area contributed by atoms with Gasteiger partial charge in [0.2, 0.25) is 5.82 Å². The monoisotopic (exact) mass is 310 g/mol. The quantitative estimate of drug-likeness (QED) is 0.307. The highest BCUT2D eigenvalue weighted by Crippen LogP contribution is 2.24. The molecule has 2 rings (SSSR count). The number of rotatable bonds is 3. The summed E-state index contributed by atoms with van der Waals surface area (Å²) in [5.74, 6) is -9.78. The number of allylic oxidation sites excluding steroid dienone is 2. The molecule has 5 heteroatoms. The van der Waals surface area contributed by atoms with Crippen molar-refractivity contribution in [2.75, 3.05) is 0 Å². The lowest BCUT2D eigenvalue weighted by atomic mass is 10.1. The van der Waals surface area contributed by atoms with Crippen LogP contribution in [0.25, 0.3) is 12.2 Å². The number of halogens is 5. The molecule has 0 nitrogen and oxygen atoms in total. The van der Waals surface area contributed by atoms with Crippen LogP contribution in [-0.4, -0.2) is 0 Å². The molecular weight excluding hydrogens is 299 g/mol. The first-order valence-electron chi connectivity index (χ1n) is 6.34. The van der Waals surface area contributed by atoms with E-state index in [1.54, 1.807) is 6.08 Å². The number of aryl methyl sites for hydroxylation is 1. The molecule has 0 aliphatic carbocycles. The summed E-state index contributed by atoms with van der Waals surface area (Å²) in [5.41, 5.74) is 0.951. The van der Waals surface area contributed by atoms with Crippen molar-refractivity contribution in [2.24, 2.45) is 0 Å². The summed E-state index contributed by atoms with van der Waals surface area (Å²) in [5, 5.41) is 0. The molecule has 0 aliphatic heterocycles. The molecule has 22 heavy (non-hydrogen) atoms. The second-order valence-corrected chi connectivity index (χ2v) is 4.61. The Kier molecular flexibility index (Phi) is 4.75. The predicted molar refractivity (Wildman–Crippen MR) is 75.5 cm³/mol. The third kappa shape index (κ3) is 3.24. The van der Waals surface area contributed by atoms with Gasteiger partial charge in [0.05, 0.1) is 5.56 Å². The molecule has 0 heterocycles. The number of benzene rings is 2. The zero-order chi connectivity index (χ0) is 16.3. The Morgan fingerprint density at radius 3 is 1.64 bits per heavy atom. The van der Waals surface area contributed by atoms with E-state index in [1.807, 2.05) is 31.2 Å². The molecule has 0 saturated carbocycles. The molecule has 0 saturated heterocycles. The van der Waals surface area contributed by atoms with Gasteiger partial charge in [-0.1, -0.05) is 48.1 Å². The van der Waals surface area contributed by atoms with Gasteiger partial charge < -0.3 is 0 Å². The minimum absolute atomic E-state index is 0.834. The third-order valence-corrected chi connectivity index (χ3v) is 2.98. The van der Waals surface area contributed by atoms with Gasteiger partial charge in [-0.3, -0.25) is 0 Å². The Hall–Kier alpha value is -2.43. The van der Waals surface area contributed by atoms with Gasteiger partial charge in [0.25, 0.3) is 0 Å². The second-order valence-electron chi connectivity index (χ2n) is 4.61. The molecule has 0 atom stereocenters. The maximum atomic E-state index is 13.4. The van der Waals surface area contributed by atoms with Crippen LogP contribution in [0, 0.1) is 36.0 Å². The van der Waals surface area contributed by atoms with Crippen molar-refractivity contribution in [3.05, 3.63) is 82.2 Å². The zero-order valence-corrected chi connectivity index (χ0v) is 11.5. The Labute approximate surface area is 124 Å². The second kappa shape index (κ2) is 6.56. The lowest BCUT2D eigenvalue weighted by Crippen LogP contribution is -2.03. The van der Waals surface area contributed by atoms with Crippen LogP contribution in [0.3, 0.4) is 0 Å². The van der Waals surface area contributed by atoms with Crippen LogP contribution in [0.2, 0.25) is 0 Å². The fourth-order valence-electron chi connectivity index (χ4n) is 1.76. The fourth-order valence-corrected chi connectivity index (χ4v) is 1.76. The van der Waals surface area contributed by atoms with Gasteiger partial charge in [-0.15, -0.1) is 0 Å². The summed E-state index contributed by atoms with van der Waals surface area (Å²) < 4.78 is 65.7. The van der Waals surface area contributed by atoms with E-state index < -0.39 is 34.6 Å². The summed E-state index contributed by atoms with van der Waals surface area (Å²) in [6.45, 7) is 1.93. The summed E-state index contributed by atoms with van der Waals surface area (Å²) in [4.78, 5) is 0. The van der Waals surface area contributed by atoms with Crippen LogP contribution >= 0.6 is 0 Å². The standard InChI is InChI=1S/C17H11F5/c1-10-6-8-11(9-7-10)4-2-3-5-12-13(18)15(20)17(22)16(21)14(12)19/h2-9H,1H3/b4-2+,5-3+. The molecule has 0 bridgehead atoms. The first-order valence-corrected chi connectivity index (χ1v) is 6.34. The van der Waals surface area contributed by atoms with Gasteiger partial charge in [-0.2, -0.15) is 0 Å². The lowest BCUT2D eigenvalue weighted by molar-refractivity contribution is 0.377. The minimum atomic E-state index is -2.16. The molecular formula is C17H11F5. The minimum Gasteiger partial charge on any atom is -0.203 e. The number of hydrogen-bond acceptors (Lipinski definition) is 0. The Morgan fingerprint density at radius 2 is 1.09 bits per heavy atom. The summed E-state index contributed by atoms with van der Waals surface area (Å²) in [6, 6.07) is 7.43. The zero-order valence-electron chi connectivity index (χ0n) is 11.5. The Morgan fingerprint density at radius 1 is 0.636 bits per heavy atom. The van der Waals surface area contributed by atoms with Crippen LogP contribution < -0.4 is 0 Å². The molecule has 2 aromatic carbocycles. The highest BCUT2D eigenvalue weighted by Gasteiger charge is 2.23. The lowest BCUT2D eigenvalue weighted by Gasteiger charge is -2.03. The molecule has 0 unspecified atom stereocenters. The smallest absolute Gasteiger partial charge is 0.200 e. The van der Waals surface area contributed by atoms with E-state index in [4.69, 9.17) is 0 Å². The van der Waals surface area contributed by atoms with E-state index in [0.29, 0.717) is 0 Å². The van der Waals surface area contributed by atoms with Crippen LogP contribution in [0.4, 0.5) is 22.0 Å². The van der Waals surface area contributed by atoms with Gasteiger partial charge >= 0.3 is 0 Å². The first kappa shape index (κ1) is 15.9. The van der Waals surface area contributed by atoms with Crippen molar-refractivity contribution in [2.45, 2.75) is 6.92 Å². The van der Waals surface area contributed by atoms with Gasteiger partial charge in [-0.25, -0.2) is 22.0 Å². The molecule has 114 valence electrons. The van der Waals surface area contributed by atoms with E-state index in [1.165, 1.54) is 12.2 Å². The van der Waals surface area contributed by atoms with Crippen molar-refractivity contribution in [3.63, 3.8) is 0 Å². The third-order valence-electron chi connectivity index (χ3n) is 2.98. The van der Waals surface area contributed by atoms with Crippen LogP contribution in [0.1, 0.15) is 16.7 Å². The van der Waals surface area contributed by atoms with E-state index in [0.717, 1.165) is 17.2 Å². The molecule has 0 N–H and O–H groups in total. The molecule has 0 radical (unpaired) electrons. The topological polar surface area (TPSA) is 0 Å². The average Bonchev–Trinajstić information content (AvgIpc) is 2.52. The fraction of sp³-hybridized carbons (Fsp3) is 0.0588. The molecule has 2 aromatic rings. The van der Waals surface area contributed by atoms with Crippen molar-refractivity contribution < 1.29 is 22.0 Å². The maximum Gasteiger partial charge on any atom is 0.200 e. The maximum absolute atomic E-state index is 13.4. The summed E-state index contributed by atoms with van der Waals surface area (Å²) in [6.07, 6.45) is 5.13. The Bertz CT molecular complexity index is 714. The van der Waals surface area contributed by atoms with E-state index in [9.17, 15) is 22.0 Å². The highest BCUT2D eigenvalue weighted by molar-refractivity contribution is 5.58. The molecule has 0 aromatic heterocycles. The van der Waals surface area contributed by atoms with E-state index in [-0.39, 0.29) is 0 Å². The SMILES string of the molecule is Cc1ccc(/C=C/C=C/c2c(F)c(F)c(F)c(F)c2F)cc1. The van der Waals surface area contributed by atoms with Gasteiger partial charge in [0.15, 0.2) is 23.3 Å². The molecule has 0 spiro atoms. The van der Waals surface area contributed by atoms with Crippen molar-refractivity contribution in [3.8, 4) is 0 Å². The van der Waals surface area contributed by atoms with Gasteiger partial charge in [0, 0.05) is 0 Å². The van der Waals surface area contributed by atoms with Crippen LogP contribution in [0.5, 0.6) is 0 Å². The largest absolute Gasteiger partial charge is 0.203 e. The predicted octanol–water partition coefficient (Wildman–Crippen LogP) is 5.42. The Balaban J connectivity index is 2.26. The highest BCUT2D eigenvalue weighted by atomic mass is 19.2. The van der Waals surface area contributed by atoms with Crippen molar-refractivity contribution >= 4 is 12.2 Å². The van der Waals surface area contributed by atoms with Crippen LogP contribution in [-0.2, 0) is 0 Å². The van der Waals surface area contributed by atoms with Crippen LogP contribution in [0.15, 0.2) is 36.4 Å². The summed E-state index contributed by atoms with van der Waals surface area (Å²) in [7, 11) is 0. The normalized spacial score (nSPS) is 11.7. The molecule has 0 amide bonds. The van der Waals surface area contributed by atoms with Gasteiger partial charge in [-0.05, 0) is 18.6 Å². The number of hydrogen-bond donors (Lipinski definition) is 0. The van der Waals surface area contributed by atoms with Crippen molar-refractivity contribution in [1.82, 2.24) is 0 Å².